The van der Waals surface area contributed by atoms with E-state index in [2.05, 4.69) is 39.3 Å². The van der Waals surface area contributed by atoms with Crippen LogP contribution in [0.25, 0.3) is 22.0 Å². The van der Waals surface area contributed by atoms with Gasteiger partial charge in [0.2, 0.25) is 5.95 Å². The molecule has 0 amide bonds. The molecule has 2 N–H and O–H groups in total. The third-order valence-corrected chi connectivity index (χ3v) is 8.65. The molecule has 0 radical (unpaired) electrons. The monoisotopic (exact) mass is 606 g/mol. The van der Waals surface area contributed by atoms with Gasteiger partial charge in [-0.1, -0.05) is 6.07 Å². The molecule has 2 aromatic heterocycles. The van der Waals surface area contributed by atoms with E-state index in [9.17, 15) is 26.0 Å². The molecule has 1 fully saturated rings. The number of nitrogens with one attached hydrogen (secondary N) is 2. The highest BCUT2D eigenvalue weighted by Gasteiger charge is 2.33. The molecule has 0 bridgehead atoms. The summed E-state index contributed by atoms with van der Waals surface area (Å²) in [6.45, 7) is 0. The Labute approximate surface area is 239 Å². The van der Waals surface area contributed by atoms with Crippen LogP contribution in [-0.4, -0.2) is 54.4 Å². The summed E-state index contributed by atoms with van der Waals surface area (Å²) in [6.07, 6.45) is 1.93. The third-order valence-electron chi connectivity index (χ3n) is 7.31. The topological polar surface area (TPSA) is 100 Å². The van der Waals surface area contributed by atoms with Gasteiger partial charge in [0.05, 0.1) is 22.3 Å². The molecule has 14 heteroatoms. The third kappa shape index (κ3) is 6.28. The van der Waals surface area contributed by atoms with Gasteiger partial charge in [-0.25, -0.2) is 27.2 Å². The van der Waals surface area contributed by atoms with Crippen LogP contribution in [0.2, 0.25) is 0 Å². The van der Waals surface area contributed by atoms with Crippen LogP contribution in [0.3, 0.4) is 0 Å². The molecule has 0 saturated heterocycles. The highest BCUT2D eigenvalue weighted by molar-refractivity contribution is 7.92. The summed E-state index contributed by atoms with van der Waals surface area (Å²) in [5.41, 5.74) is -1.85. The molecule has 5 rings (SSSR count). The maximum absolute atomic E-state index is 15.5. The molecule has 1 aliphatic carbocycles. The van der Waals surface area contributed by atoms with Crippen molar-refractivity contribution in [2.45, 2.75) is 48.8 Å². The second-order valence-electron chi connectivity index (χ2n) is 10.4. The number of alkyl halides is 3. The van der Waals surface area contributed by atoms with Crippen LogP contribution in [0, 0.1) is 11.6 Å². The Morgan fingerprint density at radius 2 is 1.69 bits per heavy atom. The molecule has 0 spiro atoms. The van der Waals surface area contributed by atoms with Crippen molar-refractivity contribution in [2.24, 2.45) is 0 Å². The number of aromatic nitrogens is 3. The van der Waals surface area contributed by atoms with Crippen LogP contribution < -0.4 is 10.0 Å². The van der Waals surface area contributed by atoms with E-state index in [4.69, 9.17) is 0 Å². The lowest BCUT2D eigenvalue weighted by molar-refractivity contribution is -0.138. The lowest BCUT2D eigenvalue weighted by Crippen LogP contribution is -2.36. The first-order valence-electron chi connectivity index (χ1n) is 13.0. The Kier molecular flexibility index (Phi) is 8.03. The zero-order valence-electron chi connectivity index (χ0n) is 22.6. The van der Waals surface area contributed by atoms with E-state index in [0.29, 0.717) is 41.4 Å². The van der Waals surface area contributed by atoms with E-state index in [-0.39, 0.29) is 11.6 Å². The summed E-state index contributed by atoms with van der Waals surface area (Å²) < 4.78 is 96.9. The molecule has 1 saturated carbocycles. The van der Waals surface area contributed by atoms with Gasteiger partial charge < -0.3 is 10.2 Å². The van der Waals surface area contributed by atoms with E-state index < -0.39 is 49.5 Å². The van der Waals surface area contributed by atoms with Gasteiger partial charge in [0.25, 0.3) is 10.0 Å². The van der Waals surface area contributed by atoms with Gasteiger partial charge in [-0.2, -0.15) is 13.2 Å². The molecule has 2 heterocycles. The first-order valence-corrected chi connectivity index (χ1v) is 14.5. The smallest absolute Gasteiger partial charge is 0.351 e. The van der Waals surface area contributed by atoms with Crippen LogP contribution in [0.1, 0.15) is 31.2 Å². The lowest BCUT2D eigenvalue weighted by Gasteiger charge is -2.32. The number of hydrogen-bond donors (Lipinski definition) is 2. The predicted molar refractivity (Wildman–Crippen MR) is 148 cm³/mol. The van der Waals surface area contributed by atoms with Gasteiger partial charge in [-0.05, 0) is 75.7 Å². The Hall–Kier alpha value is -3.91. The summed E-state index contributed by atoms with van der Waals surface area (Å²) in [5.74, 6) is -1.77. The maximum atomic E-state index is 15.5. The van der Waals surface area contributed by atoms with E-state index in [0.717, 1.165) is 37.8 Å². The maximum Gasteiger partial charge on any atom is 0.417 e. The molecule has 222 valence electrons. The number of benzene rings is 2. The largest absolute Gasteiger partial charge is 0.417 e. The standard InChI is InChI=1S/C28H27F5N6O2S/c1-39(2)20-6-4-19(5-7-20)36-27-35-13-17-11-16(3-9-23(17)37-27)25-22(29)8-10-24(26(25)30)38-42(40,41)21-12-18(14-34-15-21)28(31,32)33/h3,8-15,19-20,38H,4-7H2,1-2H3,(H,35,36,37)/t19-,20+. The molecular formula is C28H27F5N6O2S. The number of anilines is 2. The van der Waals surface area contributed by atoms with Crippen LogP contribution in [-0.2, 0) is 16.2 Å². The molecule has 42 heavy (non-hydrogen) atoms. The molecule has 0 aliphatic heterocycles. The Morgan fingerprint density at radius 1 is 0.952 bits per heavy atom. The Balaban J connectivity index is 1.38. The summed E-state index contributed by atoms with van der Waals surface area (Å²) in [7, 11) is -0.547. The Morgan fingerprint density at radius 3 is 2.38 bits per heavy atom. The van der Waals surface area contributed by atoms with E-state index in [1.165, 1.54) is 18.3 Å². The van der Waals surface area contributed by atoms with Crippen LogP contribution >= 0.6 is 0 Å². The normalized spacial score (nSPS) is 17.9. The highest BCUT2D eigenvalue weighted by atomic mass is 32.2. The fourth-order valence-corrected chi connectivity index (χ4v) is 6.04. The quantitative estimate of drug-likeness (QED) is 0.246. The summed E-state index contributed by atoms with van der Waals surface area (Å²) in [4.78, 5) is 13.6. The van der Waals surface area contributed by atoms with Crippen molar-refractivity contribution >= 4 is 32.6 Å². The minimum absolute atomic E-state index is 0.0885. The van der Waals surface area contributed by atoms with Crippen LogP contribution in [0.5, 0.6) is 0 Å². The molecule has 4 aromatic rings. The van der Waals surface area contributed by atoms with E-state index >= 15 is 4.39 Å². The zero-order chi connectivity index (χ0) is 30.2. The van der Waals surface area contributed by atoms with Gasteiger partial charge in [0, 0.05) is 36.1 Å². The number of pyridine rings is 1. The van der Waals surface area contributed by atoms with Crippen molar-refractivity contribution in [3.8, 4) is 11.1 Å². The van der Waals surface area contributed by atoms with Gasteiger partial charge in [-0.15, -0.1) is 0 Å². The average molecular weight is 607 g/mol. The second kappa shape index (κ2) is 11.4. The van der Waals surface area contributed by atoms with Crippen LogP contribution in [0.4, 0.5) is 33.6 Å². The molecule has 0 atom stereocenters. The Bertz CT molecular complexity index is 1720. The minimum Gasteiger partial charge on any atom is -0.351 e. The van der Waals surface area contributed by atoms with Gasteiger partial charge in [-0.3, -0.25) is 9.71 Å². The summed E-state index contributed by atoms with van der Waals surface area (Å²) in [5, 5.41) is 3.85. The first-order chi connectivity index (χ1) is 19.8. The van der Waals surface area contributed by atoms with Gasteiger partial charge >= 0.3 is 6.18 Å². The molecule has 0 unspecified atom stereocenters. The number of nitrogens with zero attached hydrogens (tertiary/aromatic N) is 4. The summed E-state index contributed by atoms with van der Waals surface area (Å²) >= 11 is 0. The second-order valence-corrected chi connectivity index (χ2v) is 12.1. The molecule has 1 aliphatic rings. The predicted octanol–water partition coefficient (Wildman–Crippen LogP) is 6.07. The zero-order valence-corrected chi connectivity index (χ0v) is 23.4. The molecule has 2 aromatic carbocycles. The van der Waals surface area contributed by atoms with Crippen molar-refractivity contribution in [3.05, 3.63) is 72.2 Å². The van der Waals surface area contributed by atoms with E-state index in [1.54, 1.807) is 6.07 Å². The number of rotatable bonds is 7. The van der Waals surface area contributed by atoms with Crippen molar-refractivity contribution in [3.63, 3.8) is 0 Å². The SMILES string of the molecule is CN(C)[C@H]1CC[C@@H](Nc2ncc3cc(-c4c(F)ccc(NS(=O)(=O)c5cncc(C(F)(F)F)c5)c4F)ccc3n2)CC1. The van der Waals surface area contributed by atoms with Crippen LogP contribution in [0.15, 0.2) is 59.9 Å². The summed E-state index contributed by atoms with van der Waals surface area (Å²) in [6, 6.07) is 7.35. The molecular weight excluding hydrogens is 579 g/mol. The number of hydrogen-bond acceptors (Lipinski definition) is 7. The highest BCUT2D eigenvalue weighted by Crippen LogP contribution is 2.34. The lowest BCUT2D eigenvalue weighted by atomic mass is 9.91. The van der Waals surface area contributed by atoms with Crippen molar-refractivity contribution < 1.29 is 30.4 Å². The van der Waals surface area contributed by atoms with Crippen molar-refractivity contribution in [2.75, 3.05) is 24.1 Å². The van der Waals surface area contributed by atoms with Gasteiger partial charge in [0.15, 0.2) is 5.82 Å². The average Bonchev–Trinajstić information content (AvgIpc) is 2.94. The number of sulfonamides is 1. The number of halogens is 5. The number of fused-ring (bicyclic) bond motifs is 1. The fourth-order valence-electron chi connectivity index (χ4n) is 5.00. The van der Waals surface area contributed by atoms with Crippen molar-refractivity contribution in [1.82, 2.24) is 19.9 Å². The fraction of sp³-hybridized carbons (Fsp3) is 0.321. The van der Waals surface area contributed by atoms with E-state index in [1.807, 2.05) is 4.72 Å². The minimum atomic E-state index is -4.84. The van der Waals surface area contributed by atoms with Crippen molar-refractivity contribution in [1.29, 1.82) is 0 Å². The first kappa shape index (κ1) is 29.6. The van der Waals surface area contributed by atoms with Gasteiger partial charge in [0.1, 0.15) is 10.7 Å². The molecule has 8 nitrogen and oxygen atoms in total.